The van der Waals surface area contributed by atoms with Crippen LogP contribution in [0.3, 0.4) is 0 Å². The summed E-state index contributed by atoms with van der Waals surface area (Å²) in [5.74, 6) is 0.792. The molecule has 1 unspecified atom stereocenters. The van der Waals surface area contributed by atoms with Crippen LogP contribution in [0.25, 0.3) is 22.4 Å². The highest BCUT2D eigenvalue weighted by Crippen LogP contribution is 2.28. The second-order valence-electron chi connectivity index (χ2n) is 6.74. The van der Waals surface area contributed by atoms with Crippen molar-refractivity contribution in [3.63, 3.8) is 0 Å². The fourth-order valence-corrected chi connectivity index (χ4v) is 3.26. The van der Waals surface area contributed by atoms with Gasteiger partial charge in [0.2, 0.25) is 0 Å². The summed E-state index contributed by atoms with van der Waals surface area (Å²) in [5, 5.41) is 3.33. The van der Waals surface area contributed by atoms with Crippen LogP contribution in [0.15, 0.2) is 95.8 Å². The molecule has 1 N–H and O–H groups in total. The van der Waals surface area contributed by atoms with Crippen LogP contribution >= 0.6 is 0 Å². The summed E-state index contributed by atoms with van der Waals surface area (Å²) >= 11 is 0. The Kier molecular flexibility index (Phi) is 5.11. The van der Waals surface area contributed by atoms with Crippen LogP contribution in [0.4, 0.5) is 0 Å². The molecule has 28 heavy (non-hydrogen) atoms. The van der Waals surface area contributed by atoms with Gasteiger partial charge >= 0.3 is 0 Å². The predicted molar refractivity (Wildman–Crippen MR) is 113 cm³/mol. The first-order valence-electron chi connectivity index (χ1n) is 9.37. The number of aromatic amines is 1. The summed E-state index contributed by atoms with van der Waals surface area (Å²) in [6, 6.07) is 29.2. The molecule has 0 amide bonds. The highest BCUT2D eigenvalue weighted by Gasteiger charge is 2.20. The molecule has 0 fully saturated rings. The lowest BCUT2D eigenvalue weighted by molar-refractivity contribution is 0.248. The number of hydrogen-bond acceptors (Lipinski definition) is 2. The molecule has 0 bridgehead atoms. The molecule has 140 valence electrons. The van der Waals surface area contributed by atoms with Crippen LogP contribution in [-0.2, 0) is 0 Å². The summed E-state index contributed by atoms with van der Waals surface area (Å²) < 4.78 is 7.52. The van der Waals surface area contributed by atoms with Crippen molar-refractivity contribution < 1.29 is 4.74 Å². The molecule has 0 saturated heterocycles. The molecule has 4 aromatic rings. The average Bonchev–Trinajstić information content (AvgIpc) is 3.11. The number of aromatic nitrogens is 2. The standard InChI is InChI=1S/C24H22N2O2/c1-18(17-28-21-15-9-4-10-16-21)26-24(27)22(19-11-5-2-6-12-19)23(25-26)20-13-7-3-8-14-20/h2-16,18,25H,17H2,1H3. The van der Waals surface area contributed by atoms with Gasteiger partial charge in [-0.1, -0.05) is 78.9 Å². The van der Waals surface area contributed by atoms with E-state index >= 15 is 0 Å². The minimum Gasteiger partial charge on any atom is -0.491 e. The highest BCUT2D eigenvalue weighted by atomic mass is 16.5. The molecule has 0 radical (unpaired) electrons. The topological polar surface area (TPSA) is 47.0 Å². The second-order valence-corrected chi connectivity index (χ2v) is 6.74. The molecule has 1 aromatic heterocycles. The highest BCUT2D eigenvalue weighted by molar-refractivity contribution is 5.80. The maximum atomic E-state index is 13.3. The molecule has 3 aromatic carbocycles. The van der Waals surface area contributed by atoms with E-state index in [9.17, 15) is 4.79 Å². The minimum absolute atomic E-state index is 0.0470. The van der Waals surface area contributed by atoms with Crippen molar-refractivity contribution in [2.75, 3.05) is 6.61 Å². The van der Waals surface area contributed by atoms with Crippen LogP contribution in [0.5, 0.6) is 5.75 Å². The fourth-order valence-electron chi connectivity index (χ4n) is 3.26. The molecule has 0 aliphatic carbocycles. The smallest absolute Gasteiger partial charge is 0.275 e. The van der Waals surface area contributed by atoms with Gasteiger partial charge in [-0.05, 0) is 24.6 Å². The second kappa shape index (κ2) is 8.01. The third kappa shape index (κ3) is 3.62. The van der Waals surface area contributed by atoms with Crippen molar-refractivity contribution in [2.45, 2.75) is 13.0 Å². The van der Waals surface area contributed by atoms with E-state index in [-0.39, 0.29) is 11.6 Å². The zero-order chi connectivity index (χ0) is 19.3. The Hall–Kier alpha value is -3.53. The predicted octanol–water partition coefficient (Wildman–Crippen LogP) is 5.15. The monoisotopic (exact) mass is 370 g/mol. The largest absolute Gasteiger partial charge is 0.491 e. The van der Waals surface area contributed by atoms with Gasteiger partial charge in [-0.2, -0.15) is 0 Å². The minimum atomic E-state index is -0.146. The van der Waals surface area contributed by atoms with Gasteiger partial charge in [0.05, 0.1) is 17.3 Å². The molecule has 0 saturated carbocycles. The number of H-pyrrole nitrogens is 1. The first kappa shape index (κ1) is 17.9. The summed E-state index contributed by atoms with van der Waals surface area (Å²) in [6.45, 7) is 2.37. The SMILES string of the molecule is CC(COc1ccccc1)n1[nH]c(-c2ccccc2)c(-c2ccccc2)c1=O. The van der Waals surface area contributed by atoms with Gasteiger partial charge < -0.3 is 4.74 Å². The van der Waals surface area contributed by atoms with Crippen molar-refractivity contribution in [2.24, 2.45) is 0 Å². The van der Waals surface area contributed by atoms with Crippen molar-refractivity contribution >= 4 is 0 Å². The zero-order valence-corrected chi connectivity index (χ0v) is 15.7. The van der Waals surface area contributed by atoms with Crippen LogP contribution in [0.2, 0.25) is 0 Å². The van der Waals surface area contributed by atoms with E-state index < -0.39 is 0 Å². The molecular weight excluding hydrogens is 348 g/mol. The van der Waals surface area contributed by atoms with E-state index in [0.29, 0.717) is 12.2 Å². The fraction of sp³-hybridized carbons (Fsp3) is 0.125. The number of hydrogen-bond donors (Lipinski definition) is 1. The number of nitrogens with zero attached hydrogens (tertiary/aromatic N) is 1. The van der Waals surface area contributed by atoms with Crippen molar-refractivity contribution in [1.29, 1.82) is 0 Å². The third-order valence-corrected chi connectivity index (χ3v) is 4.72. The lowest BCUT2D eigenvalue weighted by Crippen LogP contribution is -2.25. The summed E-state index contributed by atoms with van der Waals surface area (Å²) in [5.41, 5.74) is 3.34. The summed E-state index contributed by atoms with van der Waals surface area (Å²) in [7, 11) is 0. The average molecular weight is 370 g/mol. The van der Waals surface area contributed by atoms with Crippen LogP contribution < -0.4 is 10.3 Å². The van der Waals surface area contributed by atoms with E-state index in [4.69, 9.17) is 4.74 Å². The lowest BCUT2D eigenvalue weighted by atomic mass is 10.0. The van der Waals surface area contributed by atoms with E-state index in [1.165, 1.54) is 0 Å². The van der Waals surface area contributed by atoms with Crippen molar-refractivity contribution in [3.8, 4) is 28.1 Å². The summed E-state index contributed by atoms with van der Waals surface area (Å²) in [6.07, 6.45) is 0. The van der Waals surface area contributed by atoms with Gasteiger partial charge in [-0.25, -0.2) is 4.68 Å². The van der Waals surface area contributed by atoms with E-state index in [0.717, 1.165) is 22.6 Å². The normalized spacial score (nSPS) is 11.9. The Balaban J connectivity index is 1.72. The van der Waals surface area contributed by atoms with Crippen molar-refractivity contribution in [1.82, 2.24) is 9.78 Å². The summed E-state index contributed by atoms with van der Waals surface area (Å²) in [4.78, 5) is 13.3. The third-order valence-electron chi connectivity index (χ3n) is 4.72. The Morgan fingerprint density at radius 2 is 1.36 bits per heavy atom. The Morgan fingerprint density at radius 1 is 0.821 bits per heavy atom. The molecule has 4 heteroatoms. The number of nitrogens with one attached hydrogen (secondary N) is 1. The first-order chi connectivity index (χ1) is 13.7. The molecular formula is C24H22N2O2. The number of rotatable bonds is 6. The quantitative estimate of drug-likeness (QED) is 0.510. The van der Waals surface area contributed by atoms with E-state index in [1.807, 2.05) is 97.9 Å². The Morgan fingerprint density at radius 3 is 1.96 bits per heavy atom. The number of ether oxygens (including phenoxy) is 1. The van der Waals surface area contributed by atoms with Crippen molar-refractivity contribution in [3.05, 3.63) is 101 Å². The first-order valence-corrected chi connectivity index (χ1v) is 9.37. The molecule has 0 spiro atoms. The van der Waals surface area contributed by atoms with Gasteiger partial charge in [0, 0.05) is 5.56 Å². The number of benzene rings is 3. The molecule has 1 heterocycles. The van der Waals surface area contributed by atoms with Gasteiger partial charge in [-0.3, -0.25) is 9.89 Å². The Bertz CT molecular complexity index is 1080. The van der Waals surface area contributed by atoms with Crippen LogP contribution in [-0.4, -0.2) is 16.4 Å². The lowest BCUT2D eigenvalue weighted by Gasteiger charge is -2.14. The van der Waals surface area contributed by atoms with Crippen LogP contribution in [0.1, 0.15) is 13.0 Å². The van der Waals surface area contributed by atoms with E-state index in [2.05, 4.69) is 5.10 Å². The number of para-hydroxylation sites is 1. The molecule has 0 aliphatic rings. The van der Waals surface area contributed by atoms with E-state index in [1.54, 1.807) is 4.68 Å². The Labute approximate surface area is 164 Å². The maximum absolute atomic E-state index is 13.3. The van der Waals surface area contributed by atoms with Gasteiger partial charge in [0.1, 0.15) is 12.4 Å². The van der Waals surface area contributed by atoms with Gasteiger partial charge in [0.15, 0.2) is 0 Å². The van der Waals surface area contributed by atoms with Gasteiger partial charge in [0.25, 0.3) is 5.56 Å². The van der Waals surface area contributed by atoms with Crippen LogP contribution in [0, 0.1) is 0 Å². The molecule has 4 nitrogen and oxygen atoms in total. The van der Waals surface area contributed by atoms with Gasteiger partial charge in [-0.15, -0.1) is 0 Å². The molecule has 4 rings (SSSR count). The zero-order valence-electron chi connectivity index (χ0n) is 15.7. The maximum Gasteiger partial charge on any atom is 0.275 e. The molecule has 0 aliphatic heterocycles. The molecule has 1 atom stereocenters.